The standard InChI is InChI=1S/C26H25N3O4/c1-16-10-11-20(25(31)33-4)14-23(16)29-17(2)12-21(18(29)3)13-22-24(30)28(26(32)27-22)15-19-8-6-5-7-9-19/h5-14H,15H2,1-4H3,(H,27,32)/b22-13+. The third-order valence-corrected chi connectivity index (χ3v) is 5.79. The normalized spacial score (nSPS) is 14.7. The van der Waals surface area contributed by atoms with Crippen LogP contribution in [-0.2, 0) is 16.1 Å². The van der Waals surface area contributed by atoms with Gasteiger partial charge in [-0.3, -0.25) is 9.69 Å². The van der Waals surface area contributed by atoms with Crippen molar-refractivity contribution in [1.29, 1.82) is 0 Å². The lowest BCUT2D eigenvalue weighted by Crippen LogP contribution is -2.30. The number of aromatic nitrogens is 1. The van der Waals surface area contributed by atoms with Crippen molar-refractivity contribution in [3.8, 4) is 5.69 Å². The maximum atomic E-state index is 12.9. The summed E-state index contributed by atoms with van der Waals surface area (Å²) in [5.41, 5.74) is 6.03. The minimum atomic E-state index is -0.439. The molecule has 0 unspecified atom stereocenters. The zero-order chi connectivity index (χ0) is 23.7. The van der Waals surface area contributed by atoms with Gasteiger partial charge in [-0.25, -0.2) is 9.59 Å². The molecule has 7 heteroatoms. The number of nitrogens with zero attached hydrogens (tertiary/aromatic N) is 2. The first-order valence-corrected chi connectivity index (χ1v) is 10.6. The van der Waals surface area contributed by atoms with Gasteiger partial charge in [0.15, 0.2) is 0 Å². The molecule has 1 aliphatic rings. The van der Waals surface area contributed by atoms with Gasteiger partial charge in [-0.05, 0) is 61.7 Å². The number of rotatable bonds is 5. The van der Waals surface area contributed by atoms with E-state index < -0.39 is 12.0 Å². The Hall–Kier alpha value is -4.13. The third kappa shape index (κ3) is 4.17. The van der Waals surface area contributed by atoms with Crippen molar-refractivity contribution in [2.75, 3.05) is 7.11 Å². The SMILES string of the molecule is COC(=O)c1ccc(C)c(-n2c(C)cc(/C=C3/NC(=O)N(Cc4ccccc4)C3=O)c2C)c1. The number of hydrogen-bond donors (Lipinski definition) is 1. The first-order chi connectivity index (χ1) is 15.8. The van der Waals surface area contributed by atoms with Crippen LogP contribution in [-0.4, -0.2) is 34.5 Å². The van der Waals surface area contributed by atoms with Crippen LogP contribution in [0.15, 0.2) is 60.3 Å². The van der Waals surface area contributed by atoms with E-state index in [4.69, 9.17) is 4.74 Å². The summed E-state index contributed by atoms with van der Waals surface area (Å²) in [7, 11) is 1.35. The Bertz CT molecular complexity index is 1290. The minimum absolute atomic E-state index is 0.210. The molecule has 0 atom stereocenters. The molecule has 2 aromatic carbocycles. The number of methoxy groups -OCH3 is 1. The number of hydrogen-bond acceptors (Lipinski definition) is 4. The summed E-state index contributed by atoms with van der Waals surface area (Å²) in [4.78, 5) is 38.6. The van der Waals surface area contributed by atoms with Gasteiger partial charge >= 0.3 is 12.0 Å². The van der Waals surface area contributed by atoms with E-state index in [2.05, 4.69) is 5.32 Å². The summed E-state index contributed by atoms with van der Waals surface area (Å²) in [5, 5.41) is 2.69. The molecule has 1 aliphatic heterocycles. The van der Waals surface area contributed by atoms with Crippen LogP contribution in [0.25, 0.3) is 11.8 Å². The molecule has 4 rings (SSSR count). The highest BCUT2D eigenvalue weighted by atomic mass is 16.5. The highest BCUT2D eigenvalue weighted by Gasteiger charge is 2.33. The van der Waals surface area contributed by atoms with Crippen molar-refractivity contribution in [3.05, 3.63) is 93.9 Å². The van der Waals surface area contributed by atoms with E-state index in [-0.39, 0.29) is 18.1 Å². The molecule has 0 bridgehead atoms. The molecule has 33 heavy (non-hydrogen) atoms. The van der Waals surface area contributed by atoms with Crippen LogP contribution in [0.5, 0.6) is 0 Å². The second kappa shape index (κ2) is 8.78. The Balaban J connectivity index is 1.67. The highest BCUT2D eigenvalue weighted by Crippen LogP contribution is 2.27. The van der Waals surface area contributed by atoms with E-state index in [9.17, 15) is 14.4 Å². The zero-order valence-electron chi connectivity index (χ0n) is 19.0. The number of ether oxygens (including phenoxy) is 1. The second-order valence-corrected chi connectivity index (χ2v) is 8.02. The Morgan fingerprint density at radius 3 is 2.45 bits per heavy atom. The van der Waals surface area contributed by atoms with Gasteiger partial charge in [0.1, 0.15) is 5.70 Å². The Morgan fingerprint density at radius 2 is 1.76 bits per heavy atom. The van der Waals surface area contributed by atoms with E-state index in [1.807, 2.05) is 67.8 Å². The second-order valence-electron chi connectivity index (χ2n) is 8.02. The average Bonchev–Trinajstić information content (AvgIpc) is 3.23. The van der Waals surface area contributed by atoms with Crippen molar-refractivity contribution in [2.45, 2.75) is 27.3 Å². The average molecular weight is 444 g/mol. The summed E-state index contributed by atoms with van der Waals surface area (Å²) in [6.07, 6.45) is 1.70. The highest BCUT2D eigenvalue weighted by molar-refractivity contribution is 6.14. The van der Waals surface area contributed by atoms with Crippen molar-refractivity contribution >= 4 is 24.0 Å². The van der Waals surface area contributed by atoms with Gasteiger partial charge in [0.25, 0.3) is 5.91 Å². The Kier molecular flexibility index (Phi) is 5.87. The van der Waals surface area contributed by atoms with Gasteiger partial charge in [0, 0.05) is 17.1 Å². The maximum Gasteiger partial charge on any atom is 0.337 e. The first-order valence-electron chi connectivity index (χ1n) is 10.6. The lowest BCUT2D eigenvalue weighted by molar-refractivity contribution is -0.123. The van der Waals surface area contributed by atoms with Crippen molar-refractivity contribution in [2.24, 2.45) is 0 Å². The topological polar surface area (TPSA) is 80.6 Å². The van der Waals surface area contributed by atoms with Gasteiger partial charge in [-0.1, -0.05) is 36.4 Å². The zero-order valence-corrected chi connectivity index (χ0v) is 19.0. The summed E-state index contributed by atoms with van der Waals surface area (Å²) in [6.45, 7) is 6.07. The molecule has 3 amide bonds. The molecular formula is C26H25N3O4. The fourth-order valence-corrected chi connectivity index (χ4v) is 4.04. The number of carbonyl (C=O) groups is 3. The first kappa shape index (κ1) is 22.1. The lowest BCUT2D eigenvalue weighted by Gasteiger charge is -2.14. The van der Waals surface area contributed by atoms with Crippen molar-refractivity contribution < 1.29 is 19.1 Å². The largest absolute Gasteiger partial charge is 0.465 e. The van der Waals surface area contributed by atoms with Crippen LogP contribution in [0, 0.1) is 20.8 Å². The molecule has 168 valence electrons. The summed E-state index contributed by atoms with van der Waals surface area (Å²) < 4.78 is 6.88. The maximum absolute atomic E-state index is 12.9. The van der Waals surface area contributed by atoms with Crippen LogP contribution in [0.1, 0.15) is 38.4 Å². The molecule has 3 aromatic rings. The lowest BCUT2D eigenvalue weighted by atomic mass is 10.1. The monoisotopic (exact) mass is 443 g/mol. The molecule has 7 nitrogen and oxygen atoms in total. The van der Waals surface area contributed by atoms with Crippen molar-refractivity contribution in [1.82, 2.24) is 14.8 Å². The van der Waals surface area contributed by atoms with E-state index in [1.54, 1.807) is 18.2 Å². The van der Waals surface area contributed by atoms with Gasteiger partial charge in [0.2, 0.25) is 0 Å². The molecule has 0 spiro atoms. The van der Waals surface area contributed by atoms with Crippen LogP contribution in [0.3, 0.4) is 0 Å². The van der Waals surface area contributed by atoms with E-state index in [0.717, 1.165) is 33.8 Å². The number of benzene rings is 2. The number of urea groups is 1. The molecule has 1 fully saturated rings. The van der Waals surface area contributed by atoms with Gasteiger partial charge in [-0.15, -0.1) is 0 Å². The number of nitrogens with one attached hydrogen (secondary N) is 1. The molecule has 1 saturated heterocycles. The fraction of sp³-hybridized carbons (Fsp3) is 0.192. The Morgan fingerprint density at radius 1 is 1.03 bits per heavy atom. The van der Waals surface area contributed by atoms with E-state index >= 15 is 0 Å². The Labute approximate surface area is 192 Å². The fourth-order valence-electron chi connectivity index (χ4n) is 4.04. The third-order valence-electron chi connectivity index (χ3n) is 5.79. The predicted octanol–water partition coefficient (Wildman–Crippen LogP) is 4.28. The van der Waals surface area contributed by atoms with Crippen LogP contribution < -0.4 is 5.32 Å². The smallest absolute Gasteiger partial charge is 0.337 e. The number of aryl methyl sites for hydroxylation is 2. The molecule has 2 heterocycles. The predicted molar refractivity (Wildman–Crippen MR) is 125 cm³/mol. The molecule has 0 aliphatic carbocycles. The van der Waals surface area contributed by atoms with Crippen LogP contribution in [0.4, 0.5) is 4.79 Å². The van der Waals surface area contributed by atoms with Gasteiger partial charge in [-0.2, -0.15) is 0 Å². The number of imide groups is 1. The summed E-state index contributed by atoms with van der Waals surface area (Å²) in [5.74, 6) is -0.767. The van der Waals surface area contributed by atoms with E-state index in [1.165, 1.54) is 12.0 Å². The summed E-state index contributed by atoms with van der Waals surface area (Å²) in [6, 6.07) is 16.3. The molecule has 1 N–H and O–H groups in total. The van der Waals surface area contributed by atoms with Gasteiger partial charge in [0.05, 0.1) is 19.2 Å². The van der Waals surface area contributed by atoms with Crippen LogP contribution >= 0.6 is 0 Å². The van der Waals surface area contributed by atoms with Gasteiger partial charge < -0.3 is 14.6 Å². The van der Waals surface area contributed by atoms with Crippen LogP contribution in [0.2, 0.25) is 0 Å². The van der Waals surface area contributed by atoms with E-state index in [0.29, 0.717) is 5.56 Å². The molecule has 0 radical (unpaired) electrons. The number of esters is 1. The molecule has 0 saturated carbocycles. The molecular weight excluding hydrogens is 418 g/mol. The molecule has 1 aromatic heterocycles. The minimum Gasteiger partial charge on any atom is -0.465 e. The number of amides is 3. The summed E-state index contributed by atoms with van der Waals surface area (Å²) >= 11 is 0. The quantitative estimate of drug-likeness (QED) is 0.363. The van der Waals surface area contributed by atoms with Crippen molar-refractivity contribution in [3.63, 3.8) is 0 Å². The number of carbonyl (C=O) groups excluding carboxylic acids is 3.